The van der Waals surface area contributed by atoms with Gasteiger partial charge in [0.2, 0.25) is 0 Å². The molecule has 25 heavy (non-hydrogen) atoms. The predicted octanol–water partition coefficient (Wildman–Crippen LogP) is 3.37. The first kappa shape index (κ1) is 17.5. The molecule has 0 aliphatic carbocycles. The third kappa shape index (κ3) is 4.60. The molecule has 1 amide bonds. The zero-order valence-electron chi connectivity index (χ0n) is 13.9. The SMILES string of the molecule is O=C(Oc1ccccc1)N1CCCC(CS(=O)(=O)c2ccccc2)C1. The number of carbonyl (C=O) groups is 1. The second kappa shape index (κ2) is 7.70. The van der Waals surface area contributed by atoms with Gasteiger partial charge in [-0.25, -0.2) is 13.2 Å². The van der Waals surface area contributed by atoms with Gasteiger partial charge in [0.15, 0.2) is 9.84 Å². The van der Waals surface area contributed by atoms with Crippen LogP contribution in [0.3, 0.4) is 0 Å². The van der Waals surface area contributed by atoms with Gasteiger partial charge in [-0.2, -0.15) is 0 Å². The van der Waals surface area contributed by atoms with Crippen LogP contribution in [0.2, 0.25) is 0 Å². The Morgan fingerprint density at radius 3 is 2.36 bits per heavy atom. The molecule has 1 aliphatic heterocycles. The lowest BCUT2D eigenvalue weighted by Gasteiger charge is -2.31. The average molecular weight is 359 g/mol. The zero-order chi connectivity index (χ0) is 17.7. The van der Waals surface area contributed by atoms with Crippen LogP contribution < -0.4 is 4.74 Å². The molecule has 132 valence electrons. The van der Waals surface area contributed by atoms with Gasteiger partial charge in [-0.05, 0) is 43.0 Å². The van der Waals surface area contributed by atoms with Crippen LogP contribution in [0.4, 0.5) is 4.79 Å². The van der Waals surface area contributed by atoms with Crippen molar-refractivity contribution in [3.63, 3.8) is 0 Å². The first-order valence-corrected chi connectivity index (χ1v) is 9.99. The van der Waals surface area contributed by atoms with Gasteiger partial charge in [-0.3, -0.25) is 0 Å². The Morgan fingerprint density at radius 1 is 1.04 bits per heavy atom. The van der Waals surface area contributed by atoms with Crippen LogP contribution in [0.25, 0.3) is 0 Å². The third-order valence-corrected chi connectivity index (χ3v) is 6.18. The Morgan fingerprint density at radius 2 is 1.68 bits per heavy atom. The molecule has 0 spiro atoms. The van der Waals surface area contributed by atoms with Gasteiger partial charge in [-0.1, -0.05) is 36.4 Å². The van der Waals surface area contributed by atoms with Crippen molar-refractivity contribution in [2.75, 3.05) is 18.8 Å². The maximum Gasteiger partial charge on any atom is 0.415 e. The van der Waals surface area contributed by atoms with E-state index in [0.29, 0.717) is 23.7 Å². The summed E-state index contributed by atoms with van der Waals surface area (Å²) in [6, 6.07) is 17.3. The number of likely N-dealkylation sites (tertiary alicyclic amines) is 1. The second-order valence-electron chi connectivity index (χ2n) is 6.23. The van der Waals surface area contributed by atoms with Crippen molar-refractivity contribution < 1.29 is 17.9 Å². The summed E-state index contributed by atoms with van der Waals surface area (Å²) in [4.78, 5) is 14.2. The number of benzene rings is 2. The Kier molecular flexibility index (Phi) is 5.38. The molecule has 1 fully saturated rings. The van der Waals surface area contributed by atoms with Gasteiger partial charge in [0.1, 0.15) is 5.75 Å². The van der Waals surface area contributed by atoms with E-state index >= 15 is 0 Å². The van der Waals surface area contributed by atoms with E-state index in [4.69, 9.17) is 4.74 Å². The predicted molar refractivity (Wildman–Crippen MR) is 95.3 cm³/mol. The highest BCUT2D eigenvalue weighted by atomic mass is 32.2. The highest BCUT2D eigenvalue weighted by Gasteiger charge is 2.29. The number of hydrogen-bond acceptors (Lipinski definition) is 4. The van der Waals surface area contributed by atoms with Crippen molar-refractivity contribution in [3.05, 3.63) is 60.7 Å². The van der Waals surface area contributed by atoms with Gasteiger partial charge in [0, 0.05) is 13.1 Å². The molecule has 2 aromatic carbocycles. The van der Waals surface area contributed by atoms with E-state index in [1.807, 2.05) is 6.07 Å². The minimum absolute atomic E-state index is 0.0477. The van der Waals surface area contributed by atoms with E-state index in [9.17, 15) is 13.2 Å². The molecular weight excluding hydrogens is 338 g/mol. The van der Waals surface area contributed by atoms with Crippen LogP contribution in [-0.2, 0) is 9.84 Å². The maximum atomic E-state index is 12.5. The Hall–Kier alpha value is -2.34. The summed E-state index contributed by atoms with van der Waals surface area (Å²) in [5.41, 5.74) is 0. The molecule has 6 heteroatoms. The van der Waals surface area contributed by atoms with Gasteiger partial charge >= 0.3 is 6.09 Å². The number of sulfone groups is 1. The molecule has 1 saturated heterocycles. The fourth-order valence-corrected chi connectivity index (χ4v) is 4.71. The quantitative estimate of drug-likeness (QED) is 0.840. The van der Waals surface area contributed by atoms with Crippen molar-refractivity contribution in [2.45, 2.75) is 17.7 Å². The molecule has 2 aromatic rings. The Bertz CT molecular complexity index is 806. The van der Waals surface area contributed by atoms with Crippen molar-refractivity contribution in [2.24, 2.45) is 5.92 Å². The maximum absolute atomic E-state index is 12.5. The van der Waals surface area contributed by atoms with Crippen molar-refractivity contribution in [3.8, 4) is 5.75 Å². The minimum atomic E-state index is -3.35. The lowest BCUT2D eigenvalue weighted by atomic mass is 10.0. The standard InChI is InChI=1S/C19H21NO4S/c21-19(24-17-9-3-1-4-10-17)20-13-7-8-16(14-20)15-25(22,23)18-11-5-2-6-12-18/h1-6,9-12,16H,7-8,13-15H2. The van der Waals surface area contributed by atoms with E-state index in [0.717, 1.165) is 12.8 Å². The van der Waals surface area contributed by atoms with E-state index in [-0.39, 0.29) is 11.7 Å². The van der Waals surface area contributed by atoms with Gasteiger partial charge in [-0.15, -0.1) is 0 Å². The topological polar surface area (TPSA) is 63.7 Å². The van der Waals surface area contributed by atoms with Gasteiger partial charge in [0.25, 0.3) is 0 Å². The van der Waals surface area contributed by atoms with Crippen molar-refractivity contribution >= 4 is 15.9 Å². The van der Waals surface area contributed by atoms with Crippen LogP contribution in [0, 0.1) is 5.92 Å². The second-order valence-corrected chi connectivity index (χ2v) is 8.26. The van der Waals surface area contributed by atoms with Crippen molar-refractivity contribution in [1.29, 1.82) is 0 Å². The number of nitrogens with zero attached hydrogens (tertiary/aromatic N) is 1. The molecule has 1 atom stereocenters. The number of rotatable bonds is 4. The molecular formula is C19H21NO4S. The van der Waals surface area contributed by atoms with E-state index < -0.39 is 15.9 Å². The number of ether oxygens (including phenoxy) is 1. The van der Waals surface area contributed by atoms with Gasteiger partial charge in [0.05, 0.1) is 10.6 Å². The summed E-state index contributed by atoms with van der Waals surface area (Å²) in [5.74, 6) is 0.459. The molecule has 0 aromatic heterocycles. The number of carbonyl (C=O) groups excluding carboxylic acids is 1. The smallest absolute Gasteiger partial charge is 0.410 e. The van der Waals surface area contributed by atoms with Gasteiger partial charge < -0.3 is 9.64 Å². The van der Waals surface area contributed by atoms with E-state index in [1.165, 1.54) is 0 Å². The summed E-state index contributed by atoms with van der Waals surface area (Å²) < 4.78 is 30.4. The van der Waals surface area contributed by atoms with Crippen LogP contribution >= 0.6 is 0 Å². The molecule has 1 unspecified atom stereocenters. The summed E-state index contributed by atoms with van der Waals surface area (Å²) in [5, 5.41) is 0. The number of piperidine rings is 1. The van der Waals surface area contributed by atoms with Crippen LogP contribution in [0.15, 0.2) is 65.6 Å². The number of para-hydroxylation sites is 1. The lowest BCUT2D eigenvalue weighted by Crippen LogP contribution is -2.43. The molecule has 0 N–H and O–H groups in total. The summed E-state index contributed by atoms with van der Waals surface area (Å²) in [6.07, 6.45) is 1.15. The molecule has 3 rings (SSSR count). The van der Waals surface area contributed by atoms with Crippen LogP contribution in [-0.4, -0.2) is 38.3 Å². The normalized spacial score (nSPS) is 17.9. The first-order chi connectivity index (χ1) is 12.0. The molecule has 0 bridgehead atoms. The summed E-state index contributed by atoms with van der Waals surface area (Å²) in [7, 11) is -3.35. The van der Waals surface area contributed by atoms with Crippen LogP contribution in [0.5, 0.6) is 5.75 Å². The first-order valence-electron chi connectivity index (χ1n) is 8.34. The summed E-state index contributed by atoms with van der Waals surface area (Å²) in [6.45, 7) is 0.991. The number of amides is 1. The fourth-order valence-electron chi connectivity index (χ4n) is 3.06. The van der Waals surface area contributed by atoms with E-state index in [2.05, 4.69) is 0 Å². The zero-order valence-corrected chi connectivity index (χ0v) is 14.7. The Labute approximate surface area is 148 Å². The fraction of sp³-hybridized carbons (Fsp3) is 0.316. The molecule has 5 nitrogen and oxygen atoms in total. The lowest BCUT2D eigenvalue weighted by molar-refractivity contribution is 0.130. The largest absolute Gasteiger partial charge is 0.415 e. The minimum Gasteiger partial charge on any atom is -0.410 e. The molecule has 0 saturated carbocycles. The average Bonchev–Trinajstić information content (AvgIpc) is 2.63. The van der Waals surface area contributed by atoms with E-state index in [1.54, 1.807) is 59.5 Å². The molecule has 1 heterocycles. The Balaban J connectivity index is 1.62. The summed E-state index contributed by atoms with van der Waals surface area (Å²) >= 11 is 0. The number of hydrogen-bond donors (Lipinski definition) is 0. The highest BCUT2D eigenvalue weighted by Crippen LogP contribution is 2.23. The monoisotopic (exact) mass is 359 g/mol. The third-order valence-electron chi connectivity index (χ3n) is 4.28. The van der Waals surface area contributed by atoms with Crippen molar-refractivity contribution in [1.82, 2.24) is 4.90 Å². The highest BCUT2D eigenvalue weighted by molar-refractivity contribution is 7.91. The molecule has 1 aliphatic rings. The molecule has 0 radical (unpaired) electrons. The van der Waals surface area contributed by atoms with Crippen LogP contribution in [0.1, 0.15) is 12.8 Å².